The monoisotopic (exact) mass is 462 g/mol. The van der Waals surface area contributed by atoms with Gasteiger partial charge in [-0.3, -0.25) is 4.79 Å². The zero-order chi connectivity index (χ0) is 22.6. The lowest BCUT2D eigenvalue weighted by atomic mass is 10.1. The van der Waals surface area contributed by atoms with Crippen molar-refractivity contribution < 1.29 is 22.4 Å². The van der Waals surface area contributed by atoms with Crippen molar-refractivity contribution in [2.24, 2.45) is 0 Å². The second kappa shape index (κ2) is 9.25. The second-order valence-corrected chi connectivity index (χ2v) is 10.7. The molecule has 3 aromatic rings. The number of hydrogen-bond donors (Lipinski definition) is 1. The molecule has 0 saturated heterocycles. The Kier molecular flexibility index (Phi) is 6.88. The molecule has 0 aliphatic carbocycles. The minimum absolute atomic E-state index is 0.0788. The van der Waals surface area contributed by atoms with Crippen LogP contribution in [0.25, 0.3) is 0 Å². The maximum Gasteiger partial charge on any atom is 0.254 e. The van der Waals surface area contributed by atoms with E-state index >= 15 is 0 Å². The molecule has 2 aromatic heterocycles. The van der Waals surface area contributed by atoms with E-state index < -0.39 is 15.6 Å². The molecule has 0 spiro atoms. The fraction of sp³-hybridized carbons (Fsp3) is 0.318. The molecule has 0 unspecified atom stereocenters. The summed E-state index contributed by atoms with van der Waals surface area (Å²) in [6.07, 6.45) is 1.55. The van der Waals surface area contributed by atoms with Crippen molar-refractivity contribution in [3.05, 3.63) is 70.3 Å². The van der Waals surface area contributed by atoms with Gasteiger partial charge >= 0.3 is 0 Å². The summed E-state index contributed by atoms with van der Waals surface area (Å²) in [4.78, 5) is 16.0. The van der Waals surface area contributed by atoms with E-state index in [1.807, 2.05) is 17.5 Å². The SMILES string of the molecule is COc1ccc(C(=O)N(Cc2ccco2)Cc2cccs2)cc1S(=O)(=O)NC(C)(C)C. The third-order valence-electron chi connectivity index (χ3n) is 4.28. The number of furan rings is 1. The molecule has 2 heterocycles. The van der Waals surface area contributed by atoms with E-state index in [2.05, 4.69) is 4.72 Å². The molecular weight excluding hydrogens is 436 g/mol. The topological polar surface area (TPSA) is 88.8 Å². The average molecular weight is 463 g/mol. The van der Waals surface area contributed by atoms with E-state index in [4.69, 9.17) is 9.15 Å². The highest BCUT2D eigenvalue weighted by atomic mass is 32.2. The summed E-state index contributed by atoms with van der Waals surface area (Å²) >= 11 is 1.55. The molecule has 0 aliphatic rings. The number of benzene rings is 1. The molecule has 1 aromatic carbocycles. The molecular formula is C22H26N2O5S2. The fourth-order valence-electron chi connectivity index (χ4n) is 3.04. The van der Waals surface area contributed by atoms with Gasteiger partial charge in [-0.05, 0) is 62.5 Å². The van der Waals surface area contributed by atoms with Crippen LogP contribution in [0.5, 0.6) is 5.75 Å². The highest BCUT2D eigenvalue weighted by molar-refractivity contribution is 7.89. The molecule has 9 heteroatoms. The van der Waals surface area contributed by atoms with Gasteiger partial charge in [-0.15, -0.1) is 11.3 Å². The summed E-state index contributed by atoms with van der Waals surface area (Å²) in [7, 11) is -2.51. The number of amides is 1. The van der Waals surface area contributed by atoms with Crippen molar-refractivity contribution in [1.82, 2.24) is 9.62 Å². The molecule has 1 amide bonds. The fourth-order valence-corrected chi connectivity index (χ4v) is 5.38. The van der Waals surface area contributed by atoms with Crippen LogP contribution < -0.4 is 9.46 Å². The lowest BCUT2D eigenvalue weighted by Gasteiger charge is -2.23. The number of carbonyl (C=O) groups excluding carboxylic acids is 1. The Balaban J connectivity index is 1.97. The number of ether oxygens (including phenoxy) is 1. The molecule has 0 atom stereocenters. The summed E-state index contributed by atoms with van der Waals surface area (Å²) in [5.41, 5.74) is -0.438. The highest BCUT2D eigenvalue weighted by Crippen LogP contribution is 2.27. The Morgan fingerprint density at radius 1 is 1.16 bits per heavy atom. The number of sulfonamides is 1. The van der Waals surface area contributed by atoms with E-state index in [-0.39, 0.29) is 28.7 Å². The second-order valence-electron chi connectivity index (χ2n) is 8.04. The number of carbonyl (C=O) groups is 1. The Morgan fingerprint density at radius 3 is 2.52 bits per heavy atom. The molecule has 166 valence electrons. The smallest absolute Gasteiger partial charge is 0.254 e. The number of nitrogens with one attached hydrogen (secondary N) is 1. The van der Waals surface area contributed by atoms with Crippen LogP contribution in [0.3, 0.4) is 0 Å². The van der Waals surface area contributed by atoms with Crippen LogP contribution in [-0.4, -0.2) is 31.9 Å². The Hall–Kier alpha value is -2.62. The highest BCUT2D eigenvalue weighted by Gasteiger charge is 2.27. The third-order valence-corrected chi connectivity index (χ3v) is 6.92. The maximum absolute atomic E-state index is 13.4. The quantitative estimate of drug-likeness (QED) is 0.540. The number of nitrogens with zero attached hydrogens (tertiary/aromatic N) is 1. The third kappa shape index (κ3) is 5.96. The lowest BCUT2D eigenvalue weighted by Crippen LogP contribution is -2.40. The molecule has 0 bridgehead atoms. The van der Waals surface area contributed by atoms with Gasteiger partial charge in [-0.25, -0.2) is 13.1 Å². The predicted molar refractivity (Wildman–Crippen MR) is 120 cm³/mol. The molecule has 31 heavy (non-hydrogen) atoms. The summed E-state index contributed by atoms with van der Waals surface area (Å²) in [5, 5.41) is 1.95. The molecule has 0 radical (unpaired) electrons. The van der Waals surface area contributed by atoms with E-state index in [9.17, 15) is 13.2 Å². The minimum Gasteiger partial charge on any atom is -0.495 e. The van der Waals surface area contributed by atoms with Crippen molar-refractivity contribution in [2.45, 2.75) is 44.3 Å². The molecule has 0 saturated carbocycles. The van der Waals surface area contributed by atoms with Crippen LogP contribution in [0.4, 0.5) is 0 Å². The maximum atomic E-state index is 13.4. The first-order chi connectivity index (χ1) is 14.6. The van der Waals surface area contributed by atoms with Gasteiger partial charge in [0.25, 0.3) is 5.91 Å². The number of thiophene rings is 1. The minimum atomic E-state index is -3.90. The normalized spacial score (nSPS) is 12.0. The van der Waals surface area contributed by atoms with Crippen LogP contribution in [0.1, 0.15) is 41.8 Å². The molecule has 0 aliphatic heterocycles. The lowest BCUT2D eigenvalue weighted by molar-refractivity contribution is 0.0719. The molecule has 1 N–H and O–H groups in total. The first kappa shape index (κ1) is 23.1. The van der Waals surface area contributed by atoms with Crippen LogP contribution in [-0.2, 0) is 23.1 Å². The Bertz CT molecular complexity index is 1080. The van der Waals surface area contributed by atoms with Gasteiger partial charge in [0.2, 0.25) is 10.0 Å². The summed E-state index contributed by atoms with van der Waals surface area (Å²) in [6, 6.07) is 11.9. The molecule has 7 nitrogen and oxygen atoms in total. The van der Waals surface area contributed by atoms with E-state index in [1.165, 1.54) is 19.2 Å². The zero-order valence-electron chi connectivity index (χ0n) is 17.9. The van der Waals surface area contributed by atoms with E-state index in [0.717, 1.165) is 4.88 Å². The van der Waals surface area contributed by atoms with E-state index in [0.29, 0.717) is 12.3 Å². The van der Waals surface area contributed by atoms with Crippen molar-refractivity contribution in [3.8, 4) is 5.75 Å². The van der Waals surface area contributed by atoms with Crippen molar-refractivity contribution in [2.75, 3.05) is 7.11 Å². The summed E-state index contributed by atoms with van der Waals surface area (Å²) in [5.74, 6) is 0.504. The Morgan fingerprint density at radius 2 is 1.94 bits per heavy atom. The van der Waals surface area contributed by atoms with Crippen molar-refractivity contribution in [1.29, 1.82) is 0 Å². The van der Waals surface area contributed by atoms with Crippen LogP contribution in [0, 0.1) is 0 Å². The first-order valence-electron chi connectivity index (χ1n) is 9.65. The summed E-state index contributed by atoms with van der Waals surface area (Å²) < 4.78 is 39.2. The van der Waals surface area contributed by atoms with Crippen LogP contribution in [0.15, 0.2) is 63.4 Å². The van der Waals surface area contributed by atoms with Gasteiger partial charge < -0.3 is 14.1 Å². The van der Waals surface area contributed by atoms with Gasteiger partial charge in [0.05, 0.1) is 26.5 Å². The van der Waals surface area contributed by atoms with E-state index in [1.54, 1.807) is 61.5 Å². The number of hydrogen-bond acceptors (Lipinski definition) is 6. The zero-order valence-corrected chi connectivity index (χ0v) is 19.5. The first-order valence-corrected chi connectivity index (χ1v) is 12.0. The largest absolute Gasteiger partial charge is 0.495 e. The molecule has 3 rings (SSSR count). The van der Waals surface area contributed by atoms with Crippen LogP contribution >= 0.6 is 11.3 Å². The van der Waals surface area contributed by atoms with Crippen molar-refractivity contribution in [3.63, 3.8) is 0 Å². The van der Waals surface area contributed by atoms with Gasteiger partial charge in [-0.1, -0.05) is 6.07 Å². The summed E-state index contributed by atoms with van der Waals surface area (Å²) in [6.45, 7) is 5.89. The van der Waals surface area contributed by atoms with Gasteiger partial charge in [-0.2, -0.15) is 0 Å². The molecule has 0 fully saturated rings. The average Bonchev–Trinajstić information content (AvgIpc) is 3.39. The standard InChI is InChI=1S/C22H26N2O5S2/c1-22(2,3)23-31(26,27)20-13-16(9-10-19(20)28-4)21(25)24(14-17-7-5-11-29-17)15-18-8-6-12-30-18/h5-13,23H,14-15H2,1-4H3. The van der Waals surface area contributed by atoms with Gasteiger partial charge in [0.15, 0.2) is 0 Å². The van der Waals surface area contributed by atoms with Crippen LogP contribution in [0.2, 0.25) is 0 Å². The number of methoxy groups -OCH3 is 1. The van der Waals surface area contributed by atoms with Crippen molar-refractivity contribution >= 4 is 27.3 Å². The Labute approximate surface area is 186 Å². The predicted octanol–water partition coefficient (Wildman–Crippen LogP) is 4.27. The van der Waals surface area contributed by atoms with Gasteiger partial charge in [0, 0.05) is 16.0 Å². The number of rotatable bonds is 8. The van der Waals surface area contributed by atoms with Gasteiger partial charge in [0.1, 0.15) is 16.4 Å².